The highest BCUT2D eigenvalue weighted by Crippen LogP contribution is 2.43. The molecule has 2 aromatic heterocycles. The second kappa shape index (κ2) is 12.4. The Balaban J connectivity index is 1.41. The van der Waals surface area contributed by atoms with Gasteiger partial charge in [0, 0.05) is 40.2 Å². The quantitative estimate of drug-likeness (QED) is 0.121. The third-order valence-corrected chi connectivity index (χ3v) is 14.5. The molecule has 0 amide bonds. The summed E-state index contributed by atoms with van der Waals surface area (Å²) in [4.78, 5) is 6.00. The van der Waals surface area contributed by atoms with Gasteiger partial charge < -0.3 is 8.83 Å². The first-order chi connectivity index (χ1) is 21.8. The summed E-state index contributed by atoms with van der Waals surface area (Å²) in [7, 11) is -3.26. The molecule has 6 rings (SSSR count). The van der Waals surface area contributed by atoms with Crippen molar-refractivity contribution in [1.29, 1.82) is 0 Å². The van der Waals surface area contributed by atoms with Crippen molar-refractivity contribution >= 4 is 40.3 Å². The lowest BCUT2D eigenvalue weighted by Crippen LogP contribution is -2.67. The van der Waals surface area contributed by atoms with E-state index in [0.29, 0.717) is 17.6 Å². The maximum absolute atomic E-state index is 16.5. The summed E-state index contributed by atoms with van der Waals surface area (Å²) in [6.45, 7) is 6.31. The van der Waals surface area contributed by atoms with Crippen LogP contribution in [0.25, 0.3) is 5.65 Å². The summed E-state index contributed by atoms with van der Waals surface area (Å²) < 4.78 is 73.0. The molecule has 1 aliphatic rings. The predicted octanol–water partition coefficient (Wildman–Crippen LogP) is 7.92. The molecule has 10 heteroatoms. The standard InChI is InChI=1S/C36H36BrF4N3OSi/c1-24-19-29-28(15-17-43-18-16-42-34(29)43)33(32-30(38)20-25(37)21-31(32)39)44(24)22-36(40,41)23-45-46(35(2,3)4,26-11-7-5-8-12-26)27-13-9-6-10-14-27/h5-18,20-21,24,33H,19,22-23H2,1-4H3/t24-,33?/m1/s1. The van der Waals surface area contributed by atoms with E-state index in [2.05, 4.69) is 20.9 Å². The zero-order chi connectivity index (χ0) is 32.9. The minimum absolute atomic E-state index is 0.231. The first-order valence-corrected chi connectivity index (χ1v) is 18.0. The van der Waals surface area contributed by atoms with Crippen molar-refractivity contribution in [3.63, 3.8) is 0 Å². The van der Waals surface area contributed by atoms with Crippen molar-refractivity contribution in [3.05, 3.63) is 130 Å². The van der Waals surface area contributed by atoms with Crippen LogP contribution < -0.4 is 10.4 Å². The molecule has 0 radical (unpaired) electrons. The molecule has 0 N–H and O–H groups in total. The van der Waals surface area contributed by atoms with Gasteiger partial charge in [0.2, 0.25) is 0 Å². The molecule has 0 saturated carbocycles. The van der Waals surface area contributed by atoms with Gasteiger partial charge >= 0.3 is 0 Å². The summed E-state index contributed by atoms with van der Waals surface area (Å²) in [5.74, 6) is -4.98. The Hall–Kier alpha value is -3.31. The molecule has 1 unspecified atom stereocenters. The SMILES string of the molecule is C[C@@H]1Cc2c(ccn3ccnc23)C(c2c(F)cc(Br)cc2F)N1CC(F)(F)CO[Si](c1ccccc1)(c1ccccc1)C(C)(C)C. The van der Waals surface area contributed by atoms with E-state index in [1.807, 2.05) is 92.8 Å². The van der Waals surface area contributed by atoms with Crippen LogP contribution in [0.2, 0.25) is 5.04 Å². The minimum Gasteiger partial charge on any atom is -0.401 e. The molecule has 0 bridgehead atoms. The van der Waals surface area contributed by atoms with Gasteiger partial charge in [-0.2, -0.15) is 0 Å². The fourth-order valence-electron chi connectivity index (χ4n) is 7.04. The molecular weight excluding hydrogens is 674 g/mol. The van der Waals surface area contributed by atoms with Crippen molar-refractivity contribution in [2.24, 2.45) is 0 Å². The van der Waals surface area contributed by atoms with Crippen LogP contribution in [0.3, 0.4) is 0 Å². The van der Waals surface area contributed by atoms with Gasteiger partial charge in [-0.3, -0.25) is 4.90 Å². The second-order valence-electron chi connectivity index (χ2n) is 13.1. The average molecular weight is 711 g/mol. The van der Waals surface area contributed by atoms with E-state index in [4.69, 9.17) is 4.43 Å². The number of nitrogens with zero attached hydrogens (tertiary/aromatic N) is 3. The molecule has 2 atom stereocenters. The molecule has 5 aromatic rings. The normalized spacial score (nSPS) is 17.8. The van der Waals surface area contributed by atoms with Crippen molar-refractivity contribution in [2.45, 2.75) is 57.2 Å². The first kappa shape index (κ1) is 32.6. The topological polar surface area (TPSA) is 29.8 Å². The van der Waals surface area contributed by atoms with Gasteiger partial charge in [0.05, 0.1) is 19.2 Å². The van der Waals surface area contributed by atoms with Crippen molar-refractivity contribution in [3.8, 4) is 0 Å². The molecule has 3 heterocycles. The van der Waals surface area contributed by atoms with Crippen LogP contribution in [-0.4, -0.2) is 47.7 Å². The summed E-state index contributed by atoms with van der Waals surface area (Å²) in [5, 5.41) is 1.29. The van der Waals surface area contributed by atoms with E-state index in [-0.39, 0.29) is 10.0 Å². The number of hydrogen-bond acceptors (Lipinski definition) is 3. The number of pyridine rings is 1. The summed E-state index contributed by atoms with van der Waals surface area (Å²) >= 11 is 3.16. The van der Waals surface area contributed by atoms with Crippen molar-refractivity contribution in [2.75, 3.05) is 13.2 Å². The molecule has 0 aliphatic carbocycles. The van der Waals surface area contributed by atoms with Gasteiger partial charge in [-0.05, 0) is 52.5 Å². The van der Waals surface area contributed by atoms with Crippen LogP contribution in [-0.2, 0) is 10.8 Å². The number of fused-ring (bicyclic) bond motifs is 3. The maximum Gasteiger partial charge on any atom is 0.282 e. The van der Waals surface area contributed by atoms with E-state index in [1.54, 1.807) is 24.7 Å². The van der Waals surface area contributed by atoms with E-state index >= 15 is 17.6 Å². The Labute approximate surface area is 276 Å². The predicted molar refractivity (Wildman–Crippen MR) is 179 cm³/mol. The molecule has 3 aromatic carbocycles. The third-order valence-electron chi connectivity index (χ3n) is 9.04. The number of imidazole rings is 1. The summed E-state index contributed by atoms with van der Waals surface area (Å²) in [6.07, 6.45) is 5.58. The largest absolute Gasteiger partial charge is 0.401 e. The van der Waals surface area contributed by atoms with Gasteiger partial charge in [0.1, 0.15) is 17.3 Å². The molecule has 0 spiro atoms. The van der Waals surface area contributed by atoms with Gasteiger partial charge in [-0.15, -0.1) is 0 Å². The van der Waals surface area contributed by atoms with Crippen molar-refractivity contribution in [1.82, 2.24) is 14.3 Å². The fourth-order valence-corrected chi connectivity index (χ4v) is 12.0. The number of halogens is 5. The summed E-state index contributed by atoms with van der Waals surface area (Å²) in [6, 6.07) is 21.8. The number of benzene rings is 3. The lowest BCUT2D eigenvalue weighted by atomic mass is 9.85. The van der Waals surface area contributed by atoms with Crippen LogP contribution >= 0.6 is 15.9 Å². The van der Waals surface area contributed by atoms with E-state index in [9.17, 15) is 0 Å². The number of rotatable bonds is 8. The van der Waals surface area contributed by atoms with Gasteiger partial charge in [0.15, 0.2) is 0 Å². The Kier molecular flexibility index (Phi) is 8.77. The Bertz CT molecular complexity index is 1780. The Morgan fingerprint density at radius 2 is 1.50 bits per heavy atom. The molecule has 1 aliphatic heterocycles. The van der Waals surface area contributed by atoms with E-state index in [0.717, 1.165) is 15.9 Å². The highest BCUT2D eigenvalue weighted by molar-refractivity contribution is 9.10. The lowest BCUT2D eigenvalue weighted by molar-refractivity contribution is -0.0823. The molecule has 4 nitrogen and oxygen atoms in total. The Morgan fingerprint density at radius 3 is 2.07 bits per heavy atom. The minimum atomic E-state index is -3.36. The van der Waals surface area contributed by atoms with Gasteiger partial charge in [0.25, 0.3) is 14.2 Å². The summed E-state index contributed by atoms with van der Waals surface area (Å²) in [5.41, 5.74) is 1.72. The molecule has 0 saturated heterocycles. The van der Waals surface area contributed by atoms with Gasteiger partial charge in [-0.25, -0.2) is 22.5 Å². The van der Waals surface area contributed by atoms with Crippen molar-refractivity contribution < 1.29 is 22.0 Å². The number of hydrogen-bond donors (Lipinski definition) is 0. The number of aromatic nitrogens is 2. The molecule has 240 valence electrons. The molecule has 46 heavy (non-hydrogen) atoms. The van der Waals surface area contributed by atoms with Gasteiger partial charge in [-0.1, -0.05) is 97.4 Å². The average Bonchev–Trinajstić information content (AvgIpc) is 3.48. The molecule has 0 fully saturated rings. The van der Waals surface area contributed by atoms with E-state index < -0.39 is 56.1 Å². The van der Waals surface area contributed by atoms with Crippen LogP contribution in [0.5, 0.6) is 0 Å². The Morgan fingerprint density at radius 1 is 0.913 bits per heavy atom. The van der Waals surface area contributed by atoms with Crippen LogP contribution in [0.15, 0.2) is 102 Å². The molecular formula is C36H36BrF4N3OSi. The second-order valence-corrected chi connectivity index (χ2v) is 18.3. The fraction of sp³-hybridized carbons (Fsp3) is 0.306. The zero-order valence-electron chi connectivity index (χ0n) is 26.2. The maximum atomic E-state index is 16.5. The highest BCUT2D eigenvalue weighted by atomic mass is 79.9. The lowest BCUT2D eigenvalue weighted by Gasteiger charge is -2.45. The first-order valence-electron chi connectivity index (χ1n) is 15.3. The van der Waals surface area contributed by atoms with Crippen LogP contribution in [0, 0.1) is 11.6 Å². The van der Waals surface area contributed by atoms with E-state index in [1.165, 1.54) is 17.0 Å². The third kappa shape index (κ3) is 5.85. The smallest absolute Gasteiger partial charge is 0.282 e. The number of alkyl halides is 2. The zero-order valence-corrected chi connectivity index (χ0v) is 28.7. The monoisotopic (exact) mass is 709 g/mol. The van der Waals surface area contributed by atoms with Crippen LogP contribution in [0.4, 0.5) is 17.6 Å². The highest BCUT2D eigenvalue weighted by Gasteiger charge is 2.52. The van der Waals surface area contributed by atoms with Crippen LogP contribution in [0.1, 0.15) is 50.4 Å².